The second kappa shape index (κ2) is 9.22. The fourth-order valence-corrected chi connectivity index (χ4v) is 4.56. The summed E-state index contributed by atoms with van der Waals surface area (Å²) in [5.41, 5.74) is 9.10. The minimum Gasteiger partial charge on any atom is -0.496 e. The topological polar surface area (TPSA) is 127 Å². The number of nitrogen functional groups attached to an aromatic ring is 1. The number of carbonyl (C=O) groups is 1. The van der Waals surface area contributed by atoms with E-state index >= 15 is 0 Å². The van der Waals surface area contributed by atoms with Crippen molar-refractivity contribution in [2.75, 3.05) is 25.9 Å². The van der Waals surface area contributed by atoms with Gasteiger partial charge in [-0.15, -0.1) is 0 Å². The molecule has 2 aromatic carbocycles. The lowest BCUT2D eigenvalue weighted by Crippen LogP contribution is -2.23. The van der Waals surface area contributed by atoms with Gasteiger partial charge in [0, 0.05) is 30.9 Å². The average Bonchev–Trinajstić information content (AvgIpc) is 3.54. The lowest BCUT2D eigenvalue weighted by molar-refractivity contribution is 0.0947. The van der Waals surface area contributed by atoms with Crippen LogP contribution in [-0.4, -0.2) is 40.9 Å². The van der Waals surface area contributed by atoms with Crippen molar-refractivity contribution in [1.82, 2.24) is 25.4 Å². The first-order chi connectivity index (χ1) is 17.0. The molecule has 9 nitrogen and oxygen atoms in total. The van der Waals surface area contributed by atoms with Crippen LogP contribution in [-0.2, 0) is 6.54 Å². The summed E-state index contributed by atoms with van der Waals surface area (Å²) in [5, 5.41) is 13.2. The van der Waals surface area contributed by atoms with E-state index in [1.165, 1.54) is 19.2 Å². The van der Waals surface area contributed by atoms with Gasteiger partial charge >= 0.3 is 0 Å². The summed E-state index contributed by atoms with van der Waals surface area (Å²) in [6.07, 6.45) is 2.88. The Kier molecular flexibility index (Phi) is 5.96. The maximum absolute atomic E-state index is 13.6. The van der Waals surface area contributed by atoms with Crippen LogP contribution >= 0.6 is 0 Å². The van der Waals surface area contributed by atoms with Crippen molar-refractivity contribution < 1.29 is 13.9 Å². The van der Waals surface area contributed by atoms with E-state index in [1.54, 1.807) is 0 Å². The Morgan fingerprint density at radius 3 is 2.80 bits per heavy atom. The number of halogens is 1. The largest absolute Gasteiger partial charge is 0.496 e. The van der Waals surface area contributed by atoms with Gasteiger partial charge in [0.25, 0.3) is 11.5 Å². The van der Waals surface area contributed by atoms with Crippen molar-refractivity contribution in [3.8, 4) is 16.9 Å². The fraction of sp³-hybridized carbons (Fsp3) is 0.240. The van der Waals surface area contributed by atoms with Crippen LogP contribution in [0, 0.1) is 5.82 Å². The summed E-state index contributed by atoms with van der Waals surface area (Å²) < 4.78 is 20.7. The number of nitrogens with one attached hydrogen (secondary N) is 3. The van der Waals surface area contributed by atoms with Gasteiger partial charge in [0.05, 0.1) is 18.1 Å². The van der Waals surface area contributed by atoms with Gasteiger partial charge in [0.1, 0.15) is 17.1 Å². The van der Waals surface area contributed by atoms with Crippen LogP contribution in [0.25, 0.3) is 22.0 Å². The standard InChI is InChI=1S/C25H25FN6O3/c1-35-20-7-6-16(26)10-18(20)24(33)29-11-14-2-4-15(5-3-14)19-13-32(17-8-9-28-12-17)22-21(19)23(27)30-31-25(22)34/h2-7,10,13,17,28H,8-9,11-12H2,1H3,(H2,27,30)(H,29,33)(H,31,34)/t17-/m1/s1. The summed E-state index contributed by atoms with van der Waals surface area (Å²) in [7, 11) is 1.43. The molecule has 1 aliphatic rings. The van der Waals surface area contributed by atoms with Crippen molar-refractivity contribution in [2.24, 2.45) is 0 Å². The molecule has 0 saturated carbocycles. The average molecular weight is 477 g/mol. The van der Waals surface area contributed by atoms with Crippen molar-refractivity contribution in [2.45, 2.75) is 19.0 Å². The SMILES string of the molecule is COc1ccc(F)cc1C(=O)NCc1ccc(-c2cn([C@@H]3CCNC3)c3c(=O)[nH]nc(N)c23)cc1. The number of fused-ring (bicyclic) bond motifs is 1. The van der Waals surface area contributed by atoms with E-state index in [2.05, 4.69) is 20.8 Å². The van der Waals surface area contributed by atoms with E-state index in [4.69, 9.17) is 10.5 Å². The highest BCUT2D eigenvalue weighted by atomic mass is 19.1. The van der Waals surface area contributed by atoms with Crippen LogP contribution in [0.2, 0.25) is 0 Å². The molecule has 0 unspecified atom stereocenters. The van der Waals surface area contributed by atoms with Gasteiger partial charge in [0.15, 0.2) is 5.82 Å². The second-order valence-electron chi connectivity index (χ2n) is 8.48. The zero-order valence-electron chi connectivity index (χ0n) is 19.1. The van der Waals surface area contributed by atoms with Gasteiger partial charge in [-0.25, -0.2) is 9.49 Å². The number of methoxy groups -OCH3 is 1. The number of rotatable bonds is 6. The summed E-state index contributed by atoms with van der Waals surface area (Å²) >= 11 is 0. The predicted octanol–water partition coefficient (Wildman–Crippen LogP) is 2.59. The van der Waals surface area contributed by atoms with Crippen molar-refractivity contribution in [3.05, 3.63) is 76.0 Å². The first-order valence-corrected chi connectivity index (χ1v) is 11.3. The summed E-state index contributed by atoms with van der Waals surface area (Å²) in [4.78, 5) is 25.2. The number of nitrogens with zero attached hydrogens (tertiary/aromatic N) is 2. The van der Waals surface area contributed by atoms with Crippen molar-refractivity contribution in [3.63, 3.8) is 0 Å². The molecule has 180 valence electrons. The number of hydrogen-bond donors (Lipinski definition) is 4. The molecule has 1 fully saturated rings. The van der Waals surface area contributed by atoms with E-state index in [9.17, 15) is 14.0 Å². The van der Waals surface area contributed by atoms with Gasteiger partial charge in [-0.1, -0.05) is 24.3 Å². The Morgan fingerprint density at radius 2 is 2.09 bits per heavy atom. The maximum atomic E-state index is 13.6. The highest BCUT2D eigenvalue weighted by molar-refractivity contribution is 6.02. The molecular weight excluding hydrogens is 451 g/mol. The molecule has 5 rings (SSSR count). The Balaban J connectivity index is 1.41. The minimum atomic E-state index is -0.513. The van der Waals surface area contributed by atoms with E-state index in [0.29, 0.717) is 16.7 Å². The molecule has 35 heavy (non-hydrogen) atoms. The molecule has 1 aliphatic heterocycles. The molecular formula is C25H25FN6O3. The van der Waals surface area contributed by atoms with Crippen LogP contribution in [0.15, 0.2) is 53.5 Å². The molecule has 0 aliphatic carbocycles. The smallest absolute Gasteiger partial charge is 0.288 e. The highest BCUT2D eigenvalue weighted by Gasteiger charge is 2.24. The summed E-state index contributed by atoms with van der Waals surface area (Å²) in [6, 6.07) is 11.6. The maximum Gasteiger partial charge on any atom is 0.288 e. The van der Waals surface area contributed by atoms with E-state index < -0.39 is 11.7 Å². The molecule has 2 aromatic heterocycles. The number of carbonyl (C=O) groups excluding carboxylic acids is 1. The van der Waals surface area contributed by atoms with Gasteiger partial charge in [-0.2, -0.15) is 5.10 Å². The molecule has 0 spiro atoms. The van der Waals surface area contributed by atoms with Gasteiger partial charge in [-0.05, 0) is 42.3 Å². The number of aromatic amines is 1. The molecule has 10 heteroatoms. The lowest BCUT2D eigenvalue weighted by atomic mass is 10.0. The Hall–Kier alpha value is -4.18. The third-order valence-corrected chi connectivity index (χ3v) is 6.33. The first kappa shape index (κ1) is 22.6. The Bertz CT molecular complexity index is 1450. The summed E-state index contributed by atoms with van der Waals surface area (Å²) in [5.74, 6) is -0.383. The van der Waals surface area contributed by atoms with Crippen molar-refractivity contribution in [1.29, 1.82) is 0 Å². The third-order valence-electron chi connectivity index (χ3n) is 6.33. The van der Waals surface area contributed by atoms with E-state index in [1.807, 2.05) is 35.0 Å². The quantitative estimate of drug-likeness (QED) is 0.339. The van der Waals surface area contributed by atoms with Crippen LogP contribution in [0.4, 0.5) is 10.2 Å². The lowest BCUT2D eigenvalue weighted by Gasteiger charge is -2.11. The number of nitrogens with two attached hydrogens (primary N) is 1. The number of ether oxygens (including phenoxy) is 1. The number of H-pyrrole nitrogens is 1. The number of amides is 1. The zero-order chi connectivity index (χ0) is 24.5. The Labute approximate surface area is 200 Å². The molecule has 3 heterocycles. The van der Waals surface area contributed by atoms with Gasteiger partial charge in [-0.3, -0.25) is 9.59 Å². The number of hydrogen-bond acceptors (Lipinski definition) is 6. The number of benzene rings is 2. The van der Waals surface area contributed by atoms with E-state index in [0.717, 1.165) is 42.3 Å². The van der Waals surface area contributed by atoms with Crippen LogP contribution in [0.1, 0.15) is 28.4 Å². The van der Waals surface area contributed by atoms with Crippen LogP contribution in [0.5, 0.6) is 5.75 Å². The molecule has 1 atom stereocenters. The normalized spacial score (nSPS) is 15.4. The molecule has 0 radical (unpaired) electrons. The highest BCUT2D eigenvalue weighted by Crippen LogP contribution is 2.34. The first-order valence-electron chi connectivity index (χ1n) is 11.3. The second-order valence-corrected chi connectivity index (χ2v) is 8.48. The molecule has 5 N–H and O–H groups in total. The summed E-state index contributed by atoms with van der Waals surface area (Å²) in [6.45, 7) is 1.91. The van der Waals surface area contributed by atoms with E-state index in [-0.39, 0.29) is 29.5 Å². The van der Waals surface area contributed by atoms with Crippen molar-refractivity contribution >= 4 is 22.6 Å². The monoisotopic (exact) mass is 476 g/mol. The van der Waals surface area contributed by atoms with Gasteiger partial charge < -0.3 is 25.7 Å². The van der Waals surface area contributed by atoms with Crippen LogP contribution < -0.4 is 26.7 Å². The predicted molar refractivity (Wildman–Crippen MR) is 131 cm³/mol. The fourth-order valence-electron chi connectivity index (χ4n) is 4.56. The molecule has 0 bridgehead atoms. The molecule has 1 amide bonds. The minimum absolute atomic E-state index is 0.131. The van der Waals surface area contributed by atoms with Crippen LogP contribution in [0.3, 0.4) is 0 Å². The number of anilines is 1. The molecule has 1 saturated heterocycles. The molecule has 4 aromatic rings. The van der Waals surface area contributed by atoms with Gasteiger partial charge in [0.2, 0.25) is 0 Å². The number of aromatic nitrogens is 3. The zero-order valence-corrected chi connectivity index (χ0v) is 19.1. The Morgan fingerprint density at radius 1 is 1.29 bits per heavy atom. The third kappa shape index (κ3) is 4.24.